The van der Waals surface area contributed by atoms with Crippen molar-refractivity contribution in [1.29, 1.82) is 0 Å². The molecule has 1 heterocycles. The Hall–Kier alpha value is -3.10. The summed E-state index contributed by atoms with van der Waals surface area (Å²) in [6.45, 7) is 11.4. The van der Waals surface area contributed by atoms with Crippen molar-refractivity contribution >= 4 is 17.7 Å². The molecule has 0 radical (unpaired) electrons. The molecule has 1 aromatic carbocycles. The van der Waals surface area contributed by atoms with E-state index in [0.29, 0.717) is 12.2 Å². The smallest absolute Gasteiger partial charge is 0.412 e. The Morgan fingerprint density at radius 1 is 1.17 bits per heavy atom. The molecule has 2 aromatic rings. The minimum atomic E-state index is -0.521. The molecular formula is C21H33N7O2. The van der Waals surface area contributed by atoms with E-state index in [1.54, 1.807) is 0 Å². The number of carbonyl (C=O) groups excluding carboxylic acids is 1. The number of aryl methyl sites for hydroxylation is 1. The Labute approximate surface area is 178 Å². The summed E-state index contributed by atoms with van der Waals surface area (Å²) in [7, 11) is 1.93. The average Bonchev–Trinajstić information content (AvgIpc) is 2.98. The molecule has 3 N–H and O–H groups in total. The third-order valence-electron chi connectivity index (χ3n) is 4.21. The minimum Gasteiger partial charge on any atom is -0.444 e. The van der Waals surface area contributed by atoms with Gasteiger partial charge in [0.2, 0.25) is 0 Å². The largest absolute Gasteiger partial charge is 0.444 e. The second-order valence-electron chi connectivity index (χ2n) is 7.92. The maximum atomic E-state index is 11.8. The monoisotopic (exact) mass is 415 g/mol. The number of ether oxygens (including phenoxy) is 1. The number of aromatic nitrogens is 3. The van der Waals surface area contributed by atoms with E-state index in [-0.39, 0.29) is 0 Å². The Balaban J connectivity index is 1.84. The van der Waals surface area contributed by atoms with Crippen molar-refractivity contribution < 1.29 is 9.53 Å². The Bertz CT molecular complexity index is 851. The zero-order valence-electron chi connectivity index (χ0n) is 18.7. The molecule has 0 fully saturated rings. The number of carbonyl (C=O) groups is 1. The lowest BCUT2D eigenvalue weighted by molar-refractivity contribution is 0.0636. The van der Waals surface area contributed by atoms with Gasteiger partial charge in [0.05, 0.1) is 0 Å². The first-order valence-corrected chi connectivity index (χ1v) is 10.1. The van der Waals surface area contributed by atoms with Crippen molar-refractivity contribution in [3.05, 3.63) is 41.5 Å². The SMILES string of the molecule is CCNC(=NCc1nnc(C)n1C)NCCc1ccc(NC(=O)OC(C)(C)C)cc1. The molecule has 0 aliphatic carbocycles. The third kappa shape index (κ3) is 7.73. The first kappa shape index (κ1) is 23.2. The van der Waals surface area contributed by atoms with E-state index in [2.05, 4.69) is 31.1 Å². The number of rotatable bonds is 7. The van der Waals surface area contributed by atoms with Crippen LogP contribution in [0.15, 0.2) is 29.3 Å². The number of guanidine groups is 1. The summed E-state index contributed by atoms with van der Waals surface area (Å²) in [6.07, 6.45) is 0.363. The van der Waals surface area contributed by atoms with Gasteiger partial charge in [0.1, 0.15) is 18.0 Å². The molecule has 0 saturated carbocycles. The van der Waals surface area contributed by atoms with E-state index in [1.165, 1.54) is 0 Å². The maximum Gasteiger partial charge on any atom is 0.412 e. The van der Waals surface area contributed by atoms with Crippen molar-refractivity contribution in [2.24, 2.45) is 12.0 Å². The average molecular weight is 416 g/mol. The first-order chi connectivity index (χ1) is 14.2. The number of aliphatic imine (C=N–C) groups is 1. The van der Waals surface area contributed by atoms with Gasteiger partial charge in [-0.3, -0.25) is 5.32 Å². The van der Waals surface area contributed by atoms with Crippen LogP contribution in [0.3, 0.4) is 0 Å². The van der Waals surface area contributed by atoms with E-state index in [1.807, 2.05) is 70.5 Å². The van der Waals surface area contributed by atoms with Crippen molar-refractivity contribution in [3.63, 3.8) is 0 Å². The van der Waals surface area contributed by atoms with Crippen LogP contribution in [-0.4, -0.2) is 45.5 Å². The highest BCUT2D eigenvalue weighted by Crippen LogP contribution is 2.13. The lowest BCUT2D eigenvalue weighted by Crippen LogP contribution is -2.38. The molecule has 0 unspecified atom stereocenters. The van der Waals surface area contributed by atoms with Gasteiger partial charge in [-0.05, 0) is 58.7 Å². The van der Waals surface area contributed by atoms with E-state index < -0.39 is 11.7 Å². The summed E-state index contributed by atoms with van der Waals surface area (Å²) in [5, 5.41) is 17.5. The molecular weight excluding hydrogens is 382 g/mol. The predicted molar refractivity (Wildman–Crippen MR) is 119 cm³/mol. The fourth-order valence-corrected chi connectivity index (χ4v) is 2.58. The molecule has 30 heavy (non-hydrogen) atoms. The van der Waals surface area contributed by atoms with E-state index in [0.717, 1.165) is 42.7 Å². The Morgan fingerprint density at radius 3 is 2.43 bits per heavy atom. The van der Waals surface area contributed by atoms with Gasteiger partial charge in [-0.15, -0.1) is 10.2 Å². The molecule has 0 atom stereocenters. The molecule has 0 saturated heterocycles. The van der Waals surface area contributed by atoms with E-state index in [4.69, 9.17) is 4.74 Å². The number of hydrogen-bond acceptors (Lipinski definition) is 5. The number of amides is 1. The Kier molecular flexibility index (Phi) is 8.20. The number of benzene rings is 1. The van der Waals surface area contributed by atoms with Crippen LogP contribution in [0.2, 0.25) is 0 Å². The van der Waals surface area contributed by atoms with Gasteiger partial charge in [0.25, 0.3) is 0 Å². The molecule has 164 valence electrons. The van der Waals surface area contributed by atoms with Gasteiger partial charge in [0, 0.05) is 25.8 Å². The van der Waals surface area contributed by atoms with Crippen LogP contribution in [0.25, 0.3) is 0 Å². The fourth-order valence-electron chi connectivity index (χ4n) is 2.58. The molecule has 0 spiro atoms. The minimum absolute atomic E-state index is 0.456. The van der Waals surface area contributed by atoms with Gasteiger partial charge in [-0.2, -0.15) is 0 Å². The normalized spacial score (nSPS) is 11.9. The van der Waals surface area contributed by atoms with Crippen LogP contribution in [0.1, 0.15) is 44.9 Å². The lowest BCUT2D eigenvalue weighted by atomic mass is 10.1. The third-order valence-corrected chi connectivity index (χ3v) is 4.21. The van der Waals surface area contributed by atoms with Crippen LogP contribution in [-0.2, 0) is 24.8 Å². The van der Waals surface area contributed by atoms with Crippen molar-refractivity contribution in [1.82, 2.24) is 25.4 Å². The van der Waals surface area contributed by atoms with Crippen LogP contribution in [0, 0.1) is 6.92 Å². The van der Waals surface area contributed by atoms with Gasteiger partial charge in [0.15, 0.2) is 11.8 Å². The highest BCUT2D eigenvalue weighted by molar-refractivity contribution is 5.84. The molecule has 0 bridgehead atoms. The van der Waals surface area contributed by atoms with Gasteiger partial charge in [-0.1, -0.05) is 12.1 Å². The second kappa shape index (κ2) is 10.6. The number of hydrogen-bond donors (Lipinski definition) is 3. The van der Waals surface area contributed by atoms with Gasteiger partial charge >= 0.3 is 6.09 Å². The highest BCUT2D eigenvalue weighted by atomic mass is 16.6. The van der Waals surface area contributed by atoms with E-state index >= 15 is 0 Å². The van der Waals surface area contributed by atoms with Gasteiger partial charge < -0.3 is 19.9 Å². The van der Waals surface area contributed by atoms with Crippen LogP contribution >= 0.6 is 0 Å². The standard InChI is InChI=1S/C21H33N7O2/c1-7-22-19(24-14-18-27-26-15(2)28(18)6)23-13-12-16-8-10-17(11-9-16)25-20(29)30-21(3,4)5/h8-11H,7,12-14H2,1-6H3,(H,25,29)(H2,22,23,24). The summed E-state index contributed by atoms with van der Waals surface area (Å²) >= 11 is 0. The number of nitrogens with one attached hydrogen (secondary N) is 3. The molecule has 9 nitrogen and oxygen atoms in total. The zero-order chi connectivity index (χ0) is 22.1. The molecule has 9 heteroatoms. The summed E-state index contributed by atoms with van der Waals surface area (Å²) in [5.74, 6) is 2.42. The van der Waals surface area contributed by atoms with E-state index in [9.17, 15) is 4.79 Å². The highest BCUT2D eigenvalue weighted by Gasteiger charge is 2.16. The summed E-state index contributed by atoms with van der Waals surface area (Å²) in [6, 6.07) is 7.71. The maximum absolute atomic E-state index is 11.8. The summed E-state index contributed by atoms with van der Waals surface area (Å²) in [5.41, 5.74) is 1.33. The zero-order valence-corrected chi connectivity index (χ0v) is 18.7. The number of anilines is 1. The second-order valence-corrected chi connectivity index (χ2v) is 7.92. The predicted octanol–water partition coefficient (Wildman–Crippen LogP) is 2.77. The number of nitrogens with zero attached hydrogens (tertiary/aromatic N) is 4. The van der Waals surface area contributed by atoms with Crippen molar-refractivity contribution in [2.75, 3.05) is 18.4 Å². The van der Waals surface area contributed by atoms with Gasteiger partial charge in [-0.25, -0.2) is 9.79 Å². The van der Waals surface area contributed by atoms with Crippen molar-refractivity contribution in [3.8, 4) is 0 Å². The fraction of sp³-hybridized carbons (Fsp3) is 0.524. The molecule has 2 rings (SSSR count). The summed E-state index contributed by atoms with van der Waals surface area (Å²) < 4.78 is 7.19. The Morgan fingerprint density at radius 2 is 1.87 bits per heavy atom. The molecule has 0 aliphatic rings. The topological polar surface area (TPSA) is 105 Å². The first-order valence-electron chi connectivity index (χ1n) is 10.1. The van der Waals surface area contributed by atoms with Crippen LogP contribution in [0.5, 0.6) is 0 Å². The molecule has 1 amide bonds. The quantitative estimate of drug-likeness (QED) is 0.474. The van der Waals surface area contributed by atoms with Crippen LogP contribution in [0.4, 0.5) is 10.5 Å². The summed E-state index contributed by atoms with van der Waals surface area (Å²) in [4.78, 5) is 16.4. The lowest BCUT2D eigenvalue weighted by Gasteiger charge is -2.19. The van der Waals surface area contributed by atoms with Crippen LogP contribution < -0.4 is 16.0 Å². The van der Waals surface area contributed by atoms with Crippen molar-refractivity contribution in [2.45, 2.75) is 53.2 Å². The molecule has 0 aliphatic heterocycles. The molecule has 1 aromatic heterocycles.